The normalized spacial score (nSPS) is 12.6. The maximum atomic E-state index is 5.07. The molecule has 0 spiro atoms. The van der Waals surface area contributed by atoms with Crippen LogP contribution in [0.3, 0.4) is 0 Å². The first-order valence-corrected chi connectivity index (χ1v) is 6.02. The van der Waals surface area contributed by atoms with E-state index < -0.39 is 0 Å². The number of methoxy groups -OCH3 is 1. The van der Waals surface area contributed by atoms with Crippen LogP contribution in [0.4, 0.5) is 5.95 Å². The standard InChI is InChI=1S/C12H19N5O/c1-11(9-16-5-3-13-10-16)15-12-14-4-6-17(12)7-8-18-2/h3-6,10-11H,7-9H2,1-2H3,(H,14,15). The number of nitrogens with one attached hydrogen (secondary N) is 1. The lowest BCUT2D eigenvalue weighted by Gasteiger charge is -2.16. The van der Waals surface area contributed by atoms with E-state index in [1.54, 1.807) is 19.5 Å². The summed E-state index contributed by atoms with van der Waals surface area (Å²) in [6.07, 6.45) is 9.30. The molecule has 18 heavy (non-hydrogen) atoms. The summed E-state index contributed by atoms with van der Waals surface area (Å²) in [6, 6.07) is 0.280. The smallest absolute Gasteiger partial charge is 0.203 e. The van der Waals surface area contributed by atoms with Crippen LogP contribution < -0.4 is 5.32 Å². The highest BCUT2D eigenvalue weighted by Gasteiger charge is 2.07. The third kappa shape index (κ3) is 3.33. The maximum Gasteiger partial charge on any atom is 0.203 e. The number of rotatable bonds is 7. The predicted molar refractivity (Wildman–Crippen MR) is 69.4 cm³/mol. The van der Waals surface area contributed by atoms with Crippen molar-refractivity contribution in [3.63, 3.8) is 0 Å². The highest BCUT2D eigenvalue weighted by atomic mass is 16.5. The van der Waals surface area contributed by atoms with E-state index in [0.717, 1.165) is 19.0 Å². The first kappa shape index (κ1) is 12.6. The molecule has 6 heteroatoms. The molecule has 98 valence electrons. The number of hydrogen-bond acceptors (Lipinski definition) is 4. The molecule has 2 heterocycles. The topological polar surface area (TPSA) is 56.9 Å². The fourth-order valence-electron chi connectivity index (χ4n) is 1.80. The Morgan fingerprint density at radius 1 is 1.39 bits per heavy atom. The van der Waals surface area contributed by atoms with Crippen LogP contribution in [-0.2, 0) is 17.8 Å². The van der Waals surface area contributed by atoms with Gasteiger partial charge in [-0.15, -0.1) is 0 Å². The first-order valence-electron chi connectivity index (χ1n) is 6.02. The van der Waals surface area contributed by atoms with Crippen molar-refractivity contribution in [1.29, 1.82) is 0 Å². The Kier molecular flexibility index (Phi) is 4.35. The molecule has 0 aliphatic heterocycles. The zero-order valence-corrected chi connectivity index (χ0v) is 10.8. The van der Waals surface area contributed by atoms with Crippen molar-refractivity contribution < 1.29 is 4.74 Å². The van der Waals surface area contributed by atoms with Gasteiger partial charge in [-0.1, -0.05) is 0 Å². The van der Waals surface area contributed by atoms with E-state index in [2.05, 4.69) is 22.2 Å². The SMILES string of the molecule is COCCn1ccnc1NC(C)Cn1ccnc1. The highest BCUT2D eigenvalue weighted by molar-refractivity contribution is 5.27. The molecule has 0 radical (unpaired) electrons. The Hall–Kier alpha value is -1.82. The summed E-state index contributed by atoms with van der Waals surface area (Å²) in [4.78, 5) is 8.34. The van der Waals surface area contributed by atoms with Crippen molar-refractivity contribution in [2.24, 2.45) is 0 Å². The average molecular weight is 249 g/mol. The summed E-state index contributed by atoms with van der Waals surface area (Å²) in [5.41, 5.74) is 0. The average Bonchev–Trinajstić information content (AvgIpc) is 2.98. The van der Waals surface area contributed by atoms with E-state index in [-0.39, 0.29) is 6.04 Å². The molecule has 6 nitrogen and oxygen atoms in total. The fourth-order valence-corrected chi connectivity index (χ4v) is 1.80. The van der Waals surface area contributed by atoms with Gasteiger partial charge in [0, 0.05) is 51.0 Å². The fraction of sp³-hybridized carbons (Fsp3) is 0.500. The van der Waals surface area contributed by atoms with Crippen molar-refractivity contribution in [1.82, 2.24) is 19.1 Å². The van der Waals surface area contributed by atoms with Crippen LogP contribution >= 0.6 is 0 Å². The first-order chi connectivity index (χ1) is 8.79. The van der Waals surface area contributed by atoms with Gasteiger partial charge in [0.2, 0.25) is 5.95 Å². The van der Waals surface area contributed by atoms with Crippen molar-refractivity contribution in [2.45, 2.75) is 26.1 Å². The zero-order chi connectivity index (χ0) is 12.8. The van der Waals surface area contributed by atoms with E-state index in [1.807, 2.05) is 27.9 Å². The number of aromatic nitrogens is 4. The van der Waals surface area contributed by atoms with Gasteiger partial charge in [0.15, 0.2) is 0 Å². The molecular formula is C12H19N5O. The molecule has 0 aromatic carbocycles. The van der Waals surface area contributed by atoms with Gasteiger partial charge in [-0.3, -0.25) is 0 Å². The van der Waals surface area contributed by atoms with Crippen molar-refractivity contribution in [3.8, 4) is 0 Å². The number of anilines is 1. The van der Waals surface area contributed by atoms with Crippen molar-refractivity contribution in [3.05, 3.63) is 31.1 Å². The van der Waals surface area contributed by atoms with Crippen LogP contribution in [0.1, 0.15) is 6.92 Å². The summed E-state index contributed by atoms with van der Waals surface area (Å²) >= 11 is 0. The lowest BCUT2D eigenvalue weighted by Crippen LogP contribution is -2.23. The summed E-state index contributed by atoms with van der Waals surface area (Å²) in [5.74, 6) is 0.875. The van der Waals surface area contributed by atoms with Crippen LogP contribution in [0.25, 0.3) is 0 Å². The molecule has 0 aliphatic rings. The highest BCUT2D eigenvalue weighted by Crippen LogP contribution is 2.07. The summed E-state index contributed by atoms with van der Waals surface area (Å²) in [5, 5.41) is 3.39. The molecule has 0 aliphatic carbocycles. The Bertz CT molecular complexity index is 451. The summed E-state index contributed by atoms with van der Waals surface area (Å²) in [7, 11) is 1.70. The minimum absolute atomic E-state index is 0.280. The molecule has 1 atom stereocenters. The molecule has 0 bridgehead atoms. The maximum absolute atomic E-state index is 5.07. The molecule has 2 aromatic rings. The van der Waals surface area contributed by atoms with E-state index in [0.29, 0.717) is 6.61 Å². The quantitative estimate of drug-likeness (QED) is 0.801. The van der Waals surface area contributed by atoms with Crippen LogP contribution in [-0.4, -0.2) is 38.9 Å². The van der Waals surface area contributed by atoms with Gasteiger partial charge in [0.25, 0.3) is 0 Å². The zero-order valence-electron chi connectivity index (χ0n) is 10.8. The molecule has 1 unspecified atom stereocenters. The molecule has 0 amide bonds. The van der Waals surface area contributed by atoms with E-state index in [4.69, 9.17) is 4.74 Å². The third-order valence-electron chi connectivity index (χ3n) is 2.67. The monoisotopic (exact) mass is 249 g/mol. The Morgan fingerprint density at radius 2 is 2.28 bits per heavy atom. The van der Waals surface area contributed by atoms with E-state index in [1.165, 1.54) is 0 Å². The predicted octanol–water partition coefficient (Wildman–Crippen LogP) is 1.23. The minimum Gasteiger partial charge on any atom is -0.383 e. The number of ether oxygens (including phenoxy) is 1. The van der Waals surface area contributed by atoms with Gasteiger partial charge >= 0.3 is 0 Å². The third-order valence-corrected chi connectivity index (χ3v) is 2.67. The van der Waals surface area contributed by atoms with E-state index in [9.17, 15) is 0 Å². The molecule has 1 N–H and O–H groups in total. The number of hydrogen-bond donors (Lipinski definition) is 1. The van der Waals surface area contributed by atoms with Gasteiger partial charge in [-0.05, 0) is 6.92 Å². The molecule has 2 rings (SSSR count). The van der Waals surface area contributed by atoms with Gasteiger partial charge in [-0.25, -0.2) is 9.97 Å². The Morgan fingerprint density at radius 3 is 3.00 bits per heavy atom. The Balaban J connectivity index is 1.90. The summed E-state index contributed by atoms with van der Waals surface area (Å²) < 4.78 is 9.16. The molecular weight excluding hydrogens is 230 g/mol. The van der Waals surface area contributed by atoms with Crippen LogP contribution in [0, 0.1) is 0 Å². The largest absolute Gasteiger partial charge is 0.383 e. The van der Waals surface area contributed by atoms with Crippen molar-refractivity contribution >= 4 is 5.95 Å². The second kappa shape index (κ2) is 6.20. The lowest BCUT2D eigenvalue weighted by molar-refractivity contribution is 0.187. The van der Waals surface area contributed by atoms with Gasteiger partial charge in [-0.2, -0.15) is 0 Å². The van der Waals surface area contributed by atoms with E-state index >= 15 is 0 Å². The molecule has 0 fully saturated rings. The lowest BCUT2D eigenvalue weighted by atomic mass is 10.3. The summed E-state index contributed by atoms with van der Waals surface area (Å²) in [6.45, 7) is 4.46. The second-order valence-electron chi connectivity index (χ2n) is 4.24. The second-order valence-corrected chi connectivity index (χ2v) is 4.24. The van der Waals surface area contributed by atoms with Gasteiger partial charge in [0.1, 0.15) is 0 Å². The molecule has 2 aromatic heterocycles. The number of imidazole rings is 2. The van der Waals surface area contributed by atoms with Crippen LogP contribution in [0.15, 0.2) is 31.1 Å². The van der Waals surface area contributed by atoms with Crippen LogP contribution in [0.2, 0.25) is 0 Å². The molecule has 0 saturated heterocycles. The molecule has 0 saturated carbocycles. The van der Waals surface area contributed by atoms with Gasteiger partial charge < -0.3 is 19.2 Å². The minimum atomic E-state index is 0.280. The van der Waals surface area contributed by atoms with Gasteiger partial charge in [0.05, 0.1) is 12.9 Å². The van der Waals surface area contributed by atoms with Crippen LogP contribution in [0.5, 0.6) is 0 Å². The Labute approximate surface area is 107 Å². The number of nitrogens with zero attached hydrogens (tertiary/aromatic N) is 4. The van der Waals surface area contributed by atoms with Crippen molar-refractivity contribution in [2.75, 3.05) is 19.0 Å².